The average molecular weight is 215 g/mol. The lowest BCUT2D eigenvalue weighted by molar-refractivity contribution is 0.0183. The van der Waals surface area contributed by atoms with Crippen molar-refractivity contribution in [2.75, 3.05) is 46.6 Å². The predicted octanol–water partition coefficient (Wildman–Crippen LogP) is 1.77. The summed E-state index contributed by atoms with van der Waals surface area (Å²) in [5.74, 6) is 0. The van der Waals surface area contributed by atoms with Crippen molar-refractivity contribution in [2.45, 2.75) is 26.7 Å². The largest absolute Gasteiger partial charge is 0.384 e. The summed E-state index contributed by atoms with van der Waals surface area (Å²) in [4.78, 5) is 2.51. The van der Waals surface area contributed by atoms with Gasteiger partial charge in [0.1, 0.15) is 0 Å². The number of ether oxygens (including phenoxy) is 2. The summed E-state index contributed by atoms with van der Waals surface area (Å²) in [5, 5.41) is 0. The number of methoxy groups -OCH3 is 1. The molecule has 0 radical (unpaired) electrons. The number of hydrogen-bond acceptors (Lipinski definition) is 3. The molecular formula is C12H25NO2. The van der Waals surface area contributed by atoms with Gasteiger partial charge in [-0.05, 0) is 12.8 Å². The summed E-state index contributed by atoms with van der Waals surface area (Å²) < 4.78 is 10.6. The first-order valence-electron chi connectivity index (χ1n) is 6.14. The van der Waals surface area contributed by atoms with Crippen molar-refractivity contribution in [1.29, 1.82) is 0 Å². The van der Waals surface area contributed by atoms with E-state index in [9.17, 15) is 0 Å². The van der Waals surface area contributed by atoms with Gasteiger partial charge < -0.3 is 9.47 Å². The summed E-state index contributed by atoms with van der Waals surface area (Å²) in [5.41, 5.74) is 0.506. The molecule has 3 heteroatoms. The maximum atomic E-state index is 5.32. The Morgan fingerprint density at radius 1 is 1.20 bits per heavy atom. The van der Waals surface area contributed by atoms with Gasteiger partial charge in [0.2, 0.25) is 0 Å². The van der Waals surface area contributed by atoms with Gasteiger partial charge in [0.25, 0.3) is 0 Å². The zero-order valence-electron chi connectivity index (χ0n) is 10.4. The van der Waals surface area contributed by atoms with Crippen LogP contribution in [0.2, 0.25) is 0 Å². The van der Waals surface area contributed by atoms with Gasteiger partial charge in [-0.1, -0.05) is 13.8 Å². The van der Waals surface area contributed by atoms with E-state index in [1.165, 1.54) is 19.4 Å². The first-order chi connectivity index (χ1) is 7.35. The molecule has 0 aromatic carbocycles. The smallest absolute Gasteiger partial charge is 0.0594 e. The lowest BCUT2D eigenvalue weighted by atomic mass is 10.1. The van der Waals surface area contributed by atoms with Crippen molar-refractivity contribution in [3.8, 4) is 0 Å². The number of rotatable bonds is 4. The fraction of sp³-hybridized carbons (Fsp3) is 1.00. The lowest BCUT2D eigenvalue weighted by Crippen LogP contribution is -2.40. The molecule has 0 spiro atoms. The van der Waals surface area contributed by atoms with E-state index in [2.05, 4.69) is 4.90 Å². The Balaban J connectivity index is 0.000000531. The monoisotopic (exact) mass is 215 g/mol. The minimum Gasteiger partial charge on any atom is -0.384 e. The molecule has 15 heavy (non-hydrogen) atoms. The second-order valence-corrected chi connectivity index (χ2v) is 4.32. The quantitative estimate of drug-likeness (QED) is 0.713. The van der Waals surface area contributed by atoms with Crippen LogP contribution in [0.4, 0.5) is 0 Å². The van der Waals surface area contributed by atoms with Crippen LogP contribution in [-0.4, -0.2) is 51.5 Å². The van der Waals surface area contributed by atoms with Gasteiger partial charge >= 0.3 is 0 Å². The summed E-state index contributed by atoms with van der Waals surface area (Å²) in [6.07, 6.45) is 2.69. The van der Waals surface area contributed by atoms with Crippen LogP contribution in [0.1, 0.15) is 26.7 Å². The lowest BCUT2D eigenvalue weighted by Gasteiger charge is -2.30. The fourth-order valence-corrected chi connectivity index (χ4v) is 2.06. The van der Waals surface area contributed by atoms with E-state index in [-0.39, 0.29) is 0 Å². The summed E-state index contributed by atoms with van der Waals surface area (Å²) in [6, 6.07) is 0. The second kappa shape index (κ2) is 6.46. The highest BCUT2D eigenvalue weighted by atomic mass is 16.5. The molecule has 0 atom stereocenters. The molecular weight excluding hydrogens is 190 g/mol. The van der Waals surface area contributed by atoms with E-state index in [1.54, 1.807) is 7.11 Å². The normalized spacial score (nSPS) is 24.2. The maximum Gasteiger partial charge on any atom is 0.0594 e. The first-order valence-corrected chi connectivity index (χ1v) is 6.14. The van der Waals surface area contributed by atoms with Gasteiger partial charge in [0.15, 0.2) is 0 Å². The molecule has 0 N–H and O–H groups in total. The summed E-state index contributed by atoms with van der Waals surface area (Å²) in [7, 11) is 1.80. The standard InChI is InChI=1S/C10H19NO2.C2H6/c1-12-9-10(2-3-10)8-11-4-6-13-7-5-11;1-2/h2-9H2,1H3;1-2H3. The average Bonchev–Trinajstić information content (AvgIpc) is 3.03. The second-order valence-electron chi connectivity index (χ2n) is 4.32. The van der Waals surface area contributed by atoms with Gasteiger partial charge in [0.05, 0.1) is 19.8 Å². The topological polar surface area (TPSA) is 21.7 Å². The predicted molar refractivity (Wildman–Crippen MR) is 62.2 cm³/mol. The molecule has 90 valence electrons. The van der Waals surface area contributed by atoms with Crippen molar-refractivity contribution < 1.29 is 9.47 Å². The van der Waals surface area contributed by atoms with Crippen molar-refractivity contribution in [3.05, 3.63) is 0 Å². The van der Waals surface area contributed by atoms with Gasteiger partial charge in [-0.3, -0.25) is 4.90 Å². The molecule has 1 aliphatic heterocycles. The van der Waals surface area contributed by atoms with Crippen LogP contribution >= 0.6 is 0 Å². The van der Waals surface area contributed by atoms with Crippen molar-refractivity contribution in [3.63, 3.8) is 0 Å². The van der Waals surface area contributed by atoms with Gasteiger partial charge in [-0.2, -0.15) is 0 Å². The Labute approximate surface area is 93.7 Å². The van der Waals surface area contributed by atoms with Gasteiger partial charge in [-0.25, -0.2) is 0 Å². The Morgan fingerprint density at radius 3 is 2.27 bits per heavy atom. The molecule has 0 bridgehead atoms. The van der Waals surface area contributed by atoms with Crippen molar-refractivity contribution >= 4 is 0 Å². The number of morpholine rings is 1. The minimum atomic E-state index is 0.506. The Hall–Kier alpha value is -0.120. The van der Waals surface area contributed by atoms with Crippen LogP contribution in [0.15, 0.2) is 0 Å². The van der Waals surface area contributed by atoms with E-state index in [4.69, 9.17) is 9.47 Å². The van der Waals surface area contributed by atoms with E-state index in [1.807, 2.05) is 13.8 Å². The molecule has 2 rings (SSSR count). The zero-order chi connectivity index (χ0) is 11.1. The summed E-state index contributed by atoms with van der Waals surface area (Å²) >= 11 is 0. The van der Waals surface area contributed by atoms with E-state index in [0.29, 0.717) is 5.41 Å². The highest BCUT2D eigenvalue weighted by molar-refractivity contribution is 4.95. The van der Waals surface area contributed by atoms with Crippen LogP contribution in [-0.2, 0) is 9.47 Å². The third-order valence-corrected chi connectivity index (χ3v) is 3.07. The first kappa shape index (κ1) is 12.9. The summed E-state index contributed by atoms with van der Waals surface area (Å²) in [6.45, 7) is 10.2. The fourth-order valence-electron chi connectivity index (χ4n) is 2.06. The van der Waals surface area contributed by atoms with E-state index >= 15 is 0 Å². The molecule has 0 aromatic rings. The molecule has 0 amide bonds. The molecule has 1 saturated carbocycles. The van der Waals surface area contributed by atoms with Crippen LogP contribution in [0.3, 0.4) is 0 Å². The molecule has 1 saturated heterocycles. The van der Waals surface area contributed by atoms with E-state index in [0.717, 1.165) is 32.9 Å². The van der Waals surface area contributed by atoms with Gasteiger partial charge in [-0.15, -0.1) is 0 Å². The Kier molecular flexibility index (Phi) is 5.58. The maximum absolute atomic E-state index is 5.32. The van der Waals surface area contributed by atoms with Crippen LogP contribution in [0.5, 0.6) is 0 Å². The van der Waals surface area contributed by atoms with Crippen LogP contribution in [0, 0.1) is 5.41 Å². The third-order valence-electron chi connectivity index (χ3n) is 3.07. The third kappa shape index (κ3) is 4.09. The molecule has 2 fully saturated rings. The molecule has 1 heterocycles. The molecule has 3 nitrogen and oxygen atoms in total. The highest BCUT2D eigenvalue weighted by Crippen LogP contribution is 2.46. The molecule has 0 unspecified atom stereocenters. The van der Waals surface area contributed by atoms with Gasteiger partial charge in [0, 0.05) is 32.2 Å². The van der Waals surface area contributed by atoms with Crippen LogP contribution in [0.25, 0.3) is 0 Å². The van der Waals surface area contributed by atoms with Crippen LogP contribution < -0.4 is 0 Å². The number of hydrogen-bond donors (Lipinski definition) is 0. The Morgan fingerprint density at radius 2 is 1.80 bits per heavy atom. The molecule has 0 aromatic heterocycles. The van der Waals surface area contributed by atoms with Crippen molar-refractivity contribution in [1.82, 2.24) is 4.90 Å². The van der Waals surface area contributed by atoms with E-state index < -0.39 is 0 Å². The number of nitrogens with zero attached hydrogens (tertiary/aromatic N) is 1. The SMILES string of the molecule is CC.COCC1(CN2CCOCC2)CC1. The zero-order valence-corrected chi connectivity index (χ0v) is 10.4. The highest BCUT2D eigenvalue weighted by Gasteiger charge is 2.43. The Bertz CT molecular complexity index is 163. The molecule has 1 aliphatic carbocycles. The molecule has 2 aliphatic rings. The van der Waals surface area contributed by atoms with Crippen molar-refractivity contribution in [2.24, 2.45) is 5.41 Å². The minimum absolute atomic E-state index is 0.506.